The molecule has 0 spiro atoms. The standard InChI is InChI=1S/C19H24BrNO/c1-19(2)12-14-8-9-15(20)10-16(14)17(21-19)11-18(22)13-6-4-3-5-7-13/h8-11,13,21H,3-7,12H2,1-2H3. The lowest BCUT2D eigenvalue weighted by Gasteiger charge is -2.36. The second-order valence-corrected chi connectivity index (χ2v) is 8.20. The third kappa shape index (κ3) is 3.45. The van der Waals surface area contributed by atoms with Gasteiger partial charge in [-0.1, -0.05) is 41.3 Å². The lowest BCUT2D eigenvalue weighted by atomic mass is 9.83. The van der Waals surface area contributed by atoms with Gasteiger partial charge in [-0.3, -0.25) is 4.79 Å². The van der Waals surface area contributed by atoms with E-state index >= 15 is 0 Å². The van der Waals surface area contributed by atoms with Crippen molar-refractivity contribution in [2.24, 2.45) is 5.92 Å². The number of halogens is 1. The van der Waals surface area contributed by atoms with E-state index in [0.717, 1.165) is 35.0 Å². The summed E-state index contributed by atoms with van der Waals surface area (Å²) in [6, 6.07) is 6.37. The van der Waals surface area contributed by atoms with Crippen LogP contribution < -0.4 is 5.32 Å². The summed E-state index contributed by atoms with van der Waals surface area (Å²) in [4.78, 5) is 12.6. The Balaban J connectivity index is 1.93. The number of allylic oxidation sites excluding steroid dienone is 1. The van der Waals surface area contributed by atoms with Gasteiger partial charge in [0.2, 0.25) is 0 Å². The Kier molecular flexibility index (Phi) is 4.44. The number of nitrogens with one attached hydrogen (secondary N) is 1. The molecule has 1 saturated carbocycles. The zero-order valence-electron chi connectivity index (χ0n) is 13.4. The van der Waals surface area contributed by atoms with Gasteiger partial charge in [0.15, 0.2) is 5.78 Å². The van der Waals surface area contributed by atoms with Gasteiger partial charge in [0.25, 0.3) is 0 Å². The zero-order chi connectivity index (χ0) is 15.7. The molecule has 0 bridgehead atoms. The van der Waals surface area contributed by atoms with E-state index < -0.39 is 0 Å². The summed E-state index contributed by atoms with van der Waals surface area (Å²) < 4.78 is 1.06. The molecule has 1 fully saturated rings. The fraction of sp³-hybridized carbons (Fsp3) is 0.526. The van der Waals surface area contributed by atoms with Gasteiger partial charge in [0.05, 0.1) is 0 Å². The number of carbonyl (C=O) groups is 1. The fourth-order valence-electron chi connectivity index (χ4n) is 3.67. The van der Waals surface area contributed by atoms with E-state index in [9.17, 15) is 4.79 Å². The highest BCUT2D eigenvalue weighted by molar-refractivity contribution is 9.10. The summed E-state index contributed by atoms with van der Waals surface area (Å²) in [6.45, 7) is 4.38. The Morgan fingerprint density at radius 2 is 2.00 bits per heavy atom. The molecular weight excluding hydrogens is 338 g/mol. The molecule has 0 atom stereocenters. The molecule has 22 heavy (non-hydrogen) atoms. The third-order valence-corrected chi connectivity index (χ3v) is 5.25. The van der Waals surface area contributed by atoms with Crippen molar-refractivity contribution in [1.82, 2.24) is 5.32 Å². The monoisotopic (exact) mass is 361 g/mol. The minimum Gasteiger partial charge on any atom is -0.379 e. The van der Waals surface area contributed by atoms with Crippen molar-refractivity contribution >= 4 is 27.4 Å². The molecule has 3 rings (SSSR count). The van der Waals surface area contributed by atoms with Gasteiger partial charge >= 0.3 is 0 Å². The molecule has 1 heterocycles. The van der Waals surface area contributed by atoms with Gasteiger partial charge in [-0.2, -0.15) is 0 Å². The Labute approximate surface area is 141 Å². The molecule has 1 N–H and O–H groups in total. The first-order valence-corrected chi connectivity index (χ1v) is 9.06. The maximum Gasteiger partial charge on any atom is 0.160 e. The molecular formula is C19H24BrNO. The second-order valence-electron chi connectivity index (χ2n) is 7.28. The van der Waals surface area contributed by atoms with Crippen LogP contribution >= 0.6 is 15.9 Å². The van der Waals surface area contributed by atoms with Crippen molar-refractivity contribution in [3.05, 3.63) is 39.9 Å². The minimum atomic E-state index is -0.0144. The zero-order valence-corrected chi connectivity index (χ0v) is 15.0. The first kappa shape index (κ1) is 15.8. The summed E-state index contributed by atoms with van der Waals surface area (Å²) in [6.07, 6.45) is 8.62. The van der Waals surface area contributed by atoms with Crippen LogP contribution in [-0.2, 0) is 11.2 Å². The van der Waals surface area contributed by atoms with Crippen LogP contribution in [-0.4, -0.2) is 11.3 Å². The Morgan fingerprint density at radius 1 is 1.27 bits per heavy atom. The Bertz CT molecular complexity index is 612. The van der Waals surface area contributed by atoms with Gasteiger partial charge < -0.3 is 5.32 Å². The number of hydrogen-bond donors (Lipinski definition) is 1. The summed E-state index contributed by atoms with van der Waals surface area (Å²) in [5.41, 5.74) is 3.45. The van der Waals surface area contributed by atoms with Crippen LogP contribution in [0.1, 0.15) is 57.1 Å². The van der Waals surface area contributed by atoms with Crippen molar-refractivity contribution < 1.29 is 4.79 Å². The lowest BCUT2D eigenvalue weighted by Crippen LogP contribution is -2.44. The maximum absolute atomic E-state index is 12.6. The molecule has 1 aliphatic heterocycles. The van der Waals surface area contributed by atoms with Crippen molar-refractivity contribution in [2.75, 3.05) is 0 Å². The number of rotatable bonds is 2. The van der Waals surface area contributed by atoms with Crippen LogP contribution in [0.15, 0.2) is 28.7 Å². The lowest BCUT2D eigenvalue weighted by molar-refractivity contribution is -0.119. The summed E-state index contributed by atoms with van der Waals surface area (Å²) in [5, 5.41) is 3.57. The van der Waals surface area contributed by atoms with E-state index in [2.05, 4.69) is 53.3 Å². The van der Waals surface area contributed by atoms with Crippen LogP contribution in [0.25, 0.3) is 5.70 Å². The SMILES string of the molecule is CC1(C)Cc2ccc(Br)cc2C(=CC(=O)C2CCCCC2)N1. The average Bonchev–Trinajstić information content (AvgIpc) is 2.48. The predicted molar refractivity (Wildman–Crippen MR) is 94.6 cm³/mol. The Morgan fingerprint density at radius 3 is 2.73 bits per heavy atom. The molecule has 1 aromatic rings. The molecule has 3 heteroatoms. The number of fused-ring (bicyclic) bond motifs is 1. The number of hydrogen-bond acceptors (Lipinski definition) is 2. The number of carbonyl (C=O) groups excluding carboxylic acids is 1. The van der Waals surface area contributed by atoms with Crippen LogP contribution in [0.2, 0.25) is 0 Å². The smallest absolute Gasteiger partial charge is 0.160 e. The van der Waals surface area contributed by atoms with E-state index in [1.165, 1.54) is 24.8 Å². The van der Waals surface area contributed by atoms with Gasteiger partial charge in [0.1, 0.15) is 0 Å². The first-order chi connectivity index (χ1) is 10.4. The summed E-state index contributed by atoms with van der Waals surface area (Å²) in [5.74, 6) is 0.523. The van der Waals surface area contributed by atoms with Crippen molar-refractivity contribution in [3.63, 3.8) is 0 Å². The fourth-order valence-corrected chi connectivity index (χ4v) is 4.03. The highest BCUT2D eigenvalue weighted by Gasteiger charge is 2.29. The molecule has 1 aliphatic carbocycles. The van der Waals surface area contributed by atoms with E-state index in [-0.39, 0.29) is 11.5 Å². The summed E-state index contributed by atoms with van der Waals surface area (Å²) in [7, 11) is 0. The molecule has 0 unspecified atom stereocenters. The van der Waals surface area contributed by atoms with Crippen molar-refractivity contribution in [1.29, 1.82) is 0 Å². The highest BCUT2D eigenvalue weighted by atomic mass is 79.9. The molecule has 0 radical (unpaired) electrons. The number of ketones is 1. The van der Waals surface area contributed by atoms with Crippen LogP contribution in [0.3, 0.4) is 0 Å². The molecule has 0 amide bonds. The van der Waals surface area contributed by atoms with Crippen molar-refractivity contribution in [2.45, 2.75) is 57.9 Å². The number of benzene rings is 1. The second kappa shape index (κ2) is 6.19. The van der Waals surface area contributed by atoms with E-state index in [1.807, 2.05) is 6.08 Å². The third-order valence-electron chi connectivity index (χ3n) is 4.76. The van der Waals surface area contributed by atoms with Crippen LogP contribution in [0.4, 0.5) is 0 Å². The minimum absolute atomic E-state index is 0.0144. The normalized spacial score (nSPS) is 23.0. The molecule has 0 aromatic heterocycles. The quantitative estimate of drug-likeness (QED) is 0.761. The molecule has 1 aromatic carbocycles. The molecule has 118 valence electrons. The van der Waals surface area contributed by atoms with Crippen molar-refractivity contribution in [3.8, 4) is 0 Å². The molecule has 2 nitrogen and oxygen atoms in total. The van der Waals surface area contributed by atoms with Crippen LogP contribution in [0, 0.1) is 5.92 Å². The van der Waals surface area contributed by atoms with Gasteiger partial charge in [0, 0.05) is 33.3 Å². The van der Waals surface area contributed by atoms with Gasteiger partial charge in [-0.25, -0.2) is 0 Å². The molecule has 0 saturated heterocycles. The first-order valence-electron chi connectivity index (χ1n) is 8.27. The topological polar surface area (TPSA) is 29.1 Å². The van der Waals surface area contributed by atoms with E-state index in [4.69, 9.17) is 0 Å². The Hall–Kier alpha value is -1.09. The van der Waals surface area contributed by atoms with Gasteiger partial charge in [-0.05, 0) is 50.8 Å². The van der Waals surface area contributed by atoms with E-state index in [0.29, 0.717) is 5.78 Å². The summed E-state index contributed by atoms with van der Waals surface area (Å²) >= 11 is 3.55. The van der Waals surface area contributed by atoms with Crippen LogP contribution in [0.5, 0.6) is 0 Å². The predicted octanol–water partition coefficient (Wildman–Crippen LogP) is 4.86. The largest absolute Gasteiger partial charge is 0.379 e. The van der Waals surface area contributed by atoms with E-state index in [1.54, 1.807) is 0 Å². The average molecular weight is 362 g/mol. The molecule has 2 aliphatic rings. The highest BCUT2D eigenvalue weighted by Crippen LogP contribution is 2.33. The van der Waals surface area contributed by atoms with Gasteiger partial charge in [-0.15, -0.1) is 0 Å². The maximum atomic E-state index is 12.6.